The molecule has 3 rings (SSSR count). The van der Waals surface area contributed by atoms with Crippen LogP contribution in [-0.4, -0.2) is 11.6 Å². The number of benzene rings is 2. The van der Waals surface area contributed by atoms with Gasteiger partial charge in [0.05, 0.1) is 17.9 Å². The molecule has 1 aromatic heterocycles. The van der Waals surface area contributed by atoms with Crippen LogP contribution in [0.4, 0.5) is 13.2 Å². The Bertz CT molecular complexity index is 957. The third-order valence-electron chi connectivity index (χ3n) is 4.02. The van der Waals surface area contributed by atoms with Crippen molar-refractivity contribution in [3.8, 4) is 17.2 Å². The molecule has 0 bridgehead atoms. The van der Waals surface area contributed by atoms with Crippen LogP contribution in [0.3, 0.4) is 0 Å². The maximum absolute atomic E-state index is 12.7. The Hall–Kier alpha value is -3.02. The number of nitrogens with zero attached hydrogens (tertiary/aromatic N) is 1. The highest BCUT2D eigenvalue weighted by Crippen LogP contribution is 2.31. The average molecular weight is 386 g/mol. The number of oxazole rings is 1. The molecule has 145 valence electrons. The van der Waals surface area contributed by atoms with E-state index in [-0.39, 0.29) is 5.89 Å². The third kappa shape index (κ3) is 5.03. The fourth-order valence-electron chi connectivity index (χ4n) is 2.56. The summed E-state index contributed by atoms with van der Waals surface area (Å²) in [5, 5.41) is 0. The van der Waals surface area contributed by atoms with Crippen molar-refractivity contribution in [1.29, 1.82) is 0 Å². The molecule has 0 atom stereocenters. The lowest BCUT2D eigenvalue weighted by atomic mass is 10.1. The van der Waals surface area contributed by atoms with E-state index in [0.29, 0.717) is 35.8 Å². The minimum Gasteiger partial charge on any atom is -0.493 e. The van der Waals surface area contributed by atoms with Crippen LogP contribution in [-0.2, 0) is 6.18 Å². The first kappa shape index (κ1) is 19.7. The lowest BCUT2D eigenvalue weighted by molar-refractivity contribution is -0.137. The lowest BCUT2D eigenvalue weighted by Crippen LogP contribution is -2.03. The van der Waals surface area contributed by atoms with Crippen molar-refractivity contribution < 1.29 is 22.3 Å². The Morgan fingerprint density at radius 2 is 1.86 bits per heavy atom. The number of ether oxygens (including phenoxy) is 1. The van der Waals surface area contributed by atoms with Crippen LogP contribution in [0.2, 0.25) is 0 Å². The monoisotopic (exact) mass is 386 g/mol. The molecule has 0 unspecified atom stereocenters. The Balaban J connectivity index is 1.60. The molecule has 0 N–H and O–H groups in total. The Kier molecular flexibility index (Phi) is 5.87. The van der Waals surface area contributed by atoms with Crippen molar-refractivity contribution in [3.63, 3.8) is 0 Å². The molecule has 0 saturated carbocycles. The molecule has 3 nitrogen and oxygen atoms in total. The molecule has 0 amide bonds. The van der Waals surface area contributed by atoms with Crippen molar-refractivity contribution in [1.82, 2.24) is 4.98 Å². The van der Waals surface area contributed by atoms with Crippen molar-refractivity contribution in [2.75, 3.05) is 6.61 Å². The minimum absolute atomic E-state index is 0.288. The van der Waals surface area contributed by atoms with Crippen LogP contribution in [0.5, 0.6) is 5.75 Å². The van der Waals surface area contributed by atoms with Gasteiger partial charge in [-0.15, -0.1) is 0 Å². The molecule has 0 aliphatic rings. The van der Waals surface area contributed by atoms with Crippen LogP contribution in [0, 0.1) is 19.9 Å². The zero-order chi connectivity index (χ0) is 20.1. The number of hydrogen-bond acceptors (Lipinski definition) is 3. The zero-order valence-electron chi connectivity index (χ0n) is 15.5. The van der Waals surface area contributed by atoms with E-state index in [1.165, 1.54) is 12.1 Å². The van der Waals surface area contributed by atoms with Crippen LogP contribution < -0.4 is 4.74 Å². The van der Waals surface area contributed by atoms with Crippen LogP contribution in [0.1, 0.15) is 29.0 Å². The van der Waals surface area contributed by atoms with E-state index in [4.69, 9.17) is 9.15 Å². The van der Waals surface area contributed by atoms with Gasteiger partial charge < -0.3 is 9.15 Å². The second-order valence-corrected chi connectivity index (χ2v) is 6.28. The van der Waals surface area contributed by atoms with Gasteiger partial charge in [-0.2, -0.15) is 13.2 Å². The predicted octanol–water partition coefficient (Wildman–Crippen LogP) is 6.26. The molecule has 28 heavy (non-hydrogen) atoms. The van der Waals surface area contributed by atoms with E-state index in [1.54, 1.807) is 13.0 Å². The van der Waals surface area contributed by atoms with Gasteiger partial charge in [-0.1, -0.05) is 18.2 Å². The molecule has 0 saturated heterocycles. The van der Waals surface area contributed by atoms with Gasteiger partial charge >= 0.3 is 6.18 Å². The van der Waals surface area contributed by atoms with Gasteiger partial charge in [-0.3, -0.25) is 0 Å². The molecular weight excluding hydrogens is 367 g/mol. The Morgan fingerprint density at radius 1 is 1.11 bits per heavy atom. The first-order valence-electron chi connectivity index (χ1n) is 8.76. The third-order valence-corrected chi connectivity index (χ3v) is 4.02. The summed E-state index contributed by atoms with van der Waals surface area (Å²) in [6, 6.07) is 13.6. The number of alkyl halides is 3. The maximum Gasteiger partial charge on any atom is 0.416 e. The summed E-state index contributed by atoms with van der Waals surface area (Å²) < 4.78 is 49.3. The molecule has 0 fully saturated rings. The topological polar surface area (TPSA) is 35.3 Å². The number of hydrogen-bond donors (Lipinski definition) is 0. The van der Waals surface area contributed by atoms with Crippen molar-refractivity contribution in [3.05, 3.63) is 77.2 Å². The van der Waals surface area contributed by atoms with E-state index < -0.39 is 11.7 Å². The molecule has 3 aromatic rings. The lowest BCUT2D eigenvalue weighted by Gasteiger charge is -2.06. The standard InChI is InChI=1S/C22H19F3NO2/c1-15-6-5-7-19(14-15)27-13-4-3-8-20-16(2)26-21(28-20)17-9-11-18(12-10-17)22(23,24)25/h3,5-12H,4,13H2,1-2H3. The molecule has 0 aliphatic carbocycles. The normalized spacial score (nSPS) is 11.9. The first-order chi connectivity index (χ1) is 13.3. The highest BCUT2D eigenvalue weighted by molar-refractivity contribution is 5.57. The van der Waals surface area contributed by atoms with Gasteiger partial charge in [0.15, 0.2) is 0 Å². The second kappa shape index (κ2) is 8.33. The summed E-state index contributed by atoms with van der Waals surface area (Å²) in [5.41, 5.74) is 1.47. The van der Waals surface area contributed by atoms with Crippen molar-refractivity contribution >= 4 is 6.08 Å². The second-order valence-electron chi connectivity index (χ2n) is 6.28. The van der Waals surface area contributed by atoms with Gasteiger partial charge in [-0.05, 0) is 62.2 Å². The molecule has 6 heteroatoms. The van der Waals surface area contributed by atoms with Crippen LogP contribution in [0.15, 0.2) is 53.0 Å². The minimum atomic E-state index is -4.36. The van der Waals surface area contributed by atoms with Gasteiger partial charge in [0.2, 0.25) is 5.89 Å². The largest absolute Gasteiger partial charge is 0.493 e. The van der Waals surface area contributed by atoms with Gasteiger partial charge in [0.25, 0.3) is 0 Å². The smallest absolute Gasteiger partial charge is 0.416 e. The van der Waals surface area contributed by atoms with Crippen LogP contribution >= 0.6 is 0 Å². The Labute approximate surface area is 161 Å². The highest BCUT2D eigenvalue weighted by Gasteiger charge is 2.30. The summed E-state index contributed by atoms with van der Waals surface area (Å²) in [6.45, 7) is 4.23. The number of rotatable bonds is 6. The Morgan fingerprint density at radius 3 is 2.54 bits per heavy atom. The van der Waals surface area contributed by atoms with Gasteiger partial charge in [-0.25, -0.2) is 4.98 Å². The molecule has 0 spiro atoms. The summed E-state index contributed by atoms with van der Waals surface area (Å²) in [6.07, 6.45) is -0.00613. The number of halogens is 3. The average Bonchev–Trinajstić information content (AvgIpc) is 3.02. The molecule has 1 radical (unpaired) electrons. The summed E-state index contributed by atoms with van der Waals surface area (Å²) in [7, 11) is 0. The maximum atomic E-state index is 12.7. The molecular formula is C22H19F3NO2. The van der Waals surface area contributed by atoms with Gasteiger partial charge in [0.1, 0.15) is 11.5 Å². The molecule has 1 heterocycles. The molecule has 0 aliphatic heterocycles. The predicted molar refractivity (Wildman–Crippen MR) is 101 cm³/mol. The quantitative estimate of drug-likeness (QED) is 0.469. The summed E-state index contributed by atoms with van der Waals surface area (Å²) in [4.78, 5) is 4.29. The van der Waals surface area contributed by atoms with E-state index in [0.717, 1.165) is 17.7 Å². The van der Waals surface area contributed by atoms with Crippen LogP contribution in [0.25, 0.3) is 17.5 Å². The van der Waals surface area contributed by atoms with Gasteiger partial charge in [0, 0.05) is 11.6 Å². The number of aromatic nitrogens is 1. The molecule has 2 aromatic carbocycles. The first-order valence-corrected chi connectivity index (χ1v) is 8.76. The SMILES string of the molecule is Cc1[c]c(OCCC=Cc2oc(-c3ccc(C(F)(F)F)cc3)nc2C)ccc1. The van der Waals surface area contributed by atoms with Crippen molar-refractivity contribution in [2.45, 2.75) is 26.4 Å². The van der Waals surface area contributed by atoms with E-state index in [2.05, 4.69) is 11.1 Å². The number of aryl methyl sites for hydroxylation is 2. The summed E-state index contributed by atoms with van der Waals surface area (Å²) >= 11 is 0. The fourth-order valence-corrected chi connectivity index (χ4v) is 2.56. The van der Waals surface area contributed by atoms with E-state index in [1.807, 2.05) is 31.2 Å². The highest BCUT2D eigenvalue weighted by atomic mass is 19.4. The zero-order valence-corrected chi connectivity index (χ0v) is 15.5. The van der Waals surface area contributed by atoms with Crippen molar-refractivity contribution in [2.24, 2.45) is 0 Å². The fraction of sp³-hybridized carbons (Fsp3) is 0.227. The van der Waals surface area contributed by atoms with E-state index >= 15 is 0 Å². The summed E-state index contributed by atoms with van der Waals surface area (Å²) in [5.74, 6) is 1.56. The van der Waals surface area contributed by atoms with E-state index in [9.17, 15) is 13.2 Å².